The molecule has 160 valence electrons. The minimum atomic E-state index is -0.480. The highest BCUT2D eigenvalue weighted by Gasteiger charge is 2.47. The highest BCUT2D eigenvalue weighted by Crippen LogP contribution is 2.44. The van der Waals surface area contributed by atoms with Gasteiger partial charge in [0.1, 0.15) is 5.66 Å². The largest absolute Gasteiger partial charge is 0.379 e. The third-order valence-corrected chi connectivity index (χ3v) is 8.36. The third kappa shape index (κ3) is 3.47. The quantitative estimate of drug-likeness (QED) is 0.597. The fourth-order valence-corrected chi connectivity index (χ4v) is 6.43. The van der Waals surface area contributed by atoms with Gasteiger partial charge in [0.25, 0.3) is 0 Å². The third-order valence-electron chi connectivity index (χ3n) is 6.46. The van der Waals surface area contributed by atoms with E-state index >= 15 is 0 Å². The number of nitrogens with one attached hydrogen (secondary N) is 1. The zero-order valence-corrected chi connectivity index (χ0v) is 19.4. The number of rotatable bonds is 4. The lowest BCUT2D eigenvalue weighted by atomic mass is 9.75. The molecular weight excluding hydrogens is 424 g/mol. The number of hydrogen-bond donors (Lipinski definition) is 1. The first-order chi connectivity index (χ1) is 15.2. The van der Waals surface area contributed by atoms with Crippen molar-refractivity contribution in [2.24, 2.45) is 0 Å². The highest BCUT2D eigenvalue weighted by molar-refractivity contribution is 7.98. The molecule has 2 aliphatic rings. The summed E-state index contributed by atoms with van der Waals surface area (Å²) < 4.78 is 6.68. The summed E-state index contributed by atoms with van der Waals surface area (Å²) in [4.78, 5) is 18.6. The van der Waals surface area contributed by atoms with Crippen LogP contribution in [-0.2, 0) is 4.74 Å². The molecule has 6 heteroatoms. The van der Waals surface area contributed by atoms with Crippen molar-refractivity contribution in [2.75, 3.05) is 39.6 Å². The van der Waals surface area contributed by atoms with Gasteiger partial charge in [-0.2, -0.15) is 0 Å². The van der Waals surface area contributed by atoms with Crippen molar-refractivity contribution in [3.05, 3.63) is 80.8 Å². The van der Waals surface area contributed by atoms with E-state index in [1.807, 2.05) is 31.3 Å². The van der Waals surface area contributed by atoms with Gasteiger partial charge in [-0.05, 0) is 55.3 Å². The Morgan fingerprint density at radius 1 is 1.13 bits per heavy atom. The minimum absolute atomic E-state index is 0.111. The van der Waals surface area contributed by atoms with Crippen LogP contribution in [0.5, 0.6) is 0 Å². The number of morpholine rings is 1. The first-order valence-corrected chi connectivity index (χ1v) is 12.6. The molecule has 4 nitrogen and oxygen atoms in total. The molecule has 0 bridgehead atoms. The maximum atomic E-state index is 13.9. The Bertz CT molecular complexity index is 1180. The second kappa shape index (κ2) is 8.52. The molecule has 1 aliphatic heterocycles. The molecule has 1 N–H and O–H groups in total. The second-order valence-corrected chi connectivity index (χ2v) is 9.88. The predicted octanol–water partition coefficient (Wildman–Crippen LogP) is 4.39. The summed E-state index contributed by atoms with van der Waals surface area (Å²) in [7, 11) is 2.00. The summed E-state index contributed by atoms with van der Waals surface area (Å²) in [5.41, 5.74) is 1.71. The van der Waals surface area contributed by atoms with Crippen molar-refractivity contribution in [3.8, 4) is 0 Å². The summed E-state index contributed by atoms with van der Waals surface area (Å²) in [6.45, 7) is 3.05. The molecule has 1 aliphatic carbocycles. The Labute approximate surface area is 190 Å². The first kappa shape index (κ1) is 20.9. The predicted molar refractivity (Wildman–Crippen MR) is 131 cm³/mol. The van der Waals surface area contributed by atoms with Crippen molar-refractivity contribution in [2.45, 2.75) is 16.5 Å². The van der Waals surface area contributed by atoms with Crippen LogP contribution in [-0.4, -0.2) is 50.2 Å². The van der Waals surface area contributed by atoms with Gasteiger partial charge in [0.2, 0.25) is 0 Å². The van der Waals surface area contributed by atoms with Gasteiger partial charge in [0, 0.05) is 44.4 Å². The van der Waals surface area contributed by atoms with Crippen molar-refractivity contribution in [1.82, 2.24) is 10.2 Å². The zero-order chi connectivity index (χ0) is 21.4. The van der Waals surface area contributed by atoms with Crippen LogP contribution in [0.2, 0.25) is 0 Å². The van der Waals surface area contributed by atoms with Gasteiger partial charge in [-0.3, -0.25) is 15.0 Å². The van der Waals surface area contributed by atoms with Crippen LogP contribution in [0.1, 0.15) is 21.9 Å². The van der Waals surface area contributed by atoms with Crippen LogP contribution in [0.3, 0.4) is 0 Å². The standard InChI is InChI=1S/C25H26N2O2S2/c1-26-25(27-13-15-29-16-14-27)12-11-21-22(23(25)17-7-9-18(30-2)10-8-17)24(28)19-5-3-4-6-20(19)31-21/h3-12,23,26H,13-16H2,1-2H3. The molecule has 0 amide bonds. The summed E-state index contributed by atoms with van der Waals surface area (Å²) in [6.07, 6.45) is 6.49. The van der Waals surface area contributed by atoms with Gasteiger partial charge in [0.15, 0.2) is 5.43 Å². The average Bonchev–Trinajstić information content (AvgIpc) is 2.84. The van der Waals surface area contributed by atoms with Crippen LogP contribution in [0.25, 0.3) is 16.2 Å². The molecule has 2 atom stereocenters. The summed E-state index contributed by atoms with van der Waals surface area (Å²) in [6, 6.07) is 16.6. The van der Waals surface area contributed by atoms with E-state index in [2.05, 4.69) is 52.9 Å². The van der Waals surface area contributed by atoms with Crippen molar-refractivity contribution >= 4 is 39.3 Å². The topological polar surface area (TPSA) is 41.6 Å². The van der Waals surface area contributed by atoms with Gasteiger partial charge in [-0.25, -0.2) is 0 Å². The van der Waals surface area contributed by atoms with Crippen LogP contribution in [0.4, 0.5) is 0 Å². The lowest BCUT2D eigenvalue weighted by Gasteiger charge is -2.50. The lowest BCUT2D eigenvalue weighted by molar-refractivity contribution is -0.0212. The van der Waals surface area contributed by atoms with Crippen molar-refractivity contribution in [1.29, 1.82) is 0 Å². The Morgan fingerprint density at radius 2 is 1.87 bits per heavy atom. The zero-order valence-electron chi connectivity index (χ0n) is 17.8. The van der Waals surface area contributed by atoms with Gasteiger partial charge in [0.05, 0.1) is 13.2 Å². The first-order valence-electron chi connectivity index (χ1n) is 10.6. The molecule has 0 radical (unpaired) electrons. The smallest absolute Gasteiger partial charge is 0.192 e. The molecule has 0 saturated carbocycles. The van der Waals surface area contributed by atoms with Crippen LogP contribution < -0.4 is 10.7 Å². The molecule has 0 spiro atoms. The van der Waals surface area contributed by atoms with E-state index in [-0.39, 0.29) is 11.3 Å². The van der Waals surface area contributed by atoms with E-state index in [0.29, 0.717) is 13.2 Å². The van der Waals surface area contributed by atoms with Gasteiger partial charge in [-0.1, -0.05) is 24.3 Å². The minimum Gasteiger partial charge on any atom is -0.379 e. The van der Waals surface area contributed by atoms with E-state index in [0.717, 1.165) is 39.2 Å². The van der Waals surface area contributed by atoms with Gasteiger partial charge >= 0.3 is 0 Å². The molecule has 2 heterocycles. The van der Waals surface area contributed by atoms with E-state index in [4.69, 9.17) is 4.74 Å². The van der Waals surface area contributed by atoms with Crippen molar-refractivity contribution < 1.29 is 4.74 Å². The number of hydrogen-bond acceptors (Lipinski definition) is 6. The lowest BCUT2D eigenvalue weighted by Crippen LogP contribution is -2.64. The van der Waals surface area contributed by atoms with Crippen LogP contribution >= 0.6 is 23.1 Å². The average molecular weight is 451 g/mol. The Balaban J connectivity index is 1.78. The fourth-order valence-electron chi connectivity index (χ4n) is 4.91. The molecule has 3 aromatic rings. The fraction of sp³-hybridized carbons (Fsp3) is 0.320. The number of ether oxygens (including phenoxy) is 1. The molecule has 31 heavy (non-hydrogen) atoms. The summed E-state index contributed by atoms with van der Waals surface area (Å²) in [5, 5.41) is 4.43. The van der Waals surface area contributed by atoms with Gasteiger partial charge < -0.3 is 4.74 Å². The SMILES string of the molecule is CNC1(N2CCOCC2)C=Cc2sc3ccccc3c(=O)c2C1c1ccc(SC)cc1. The maximum Gasteiger partial charge on any atom is 0.192 e. The molecule has 5 rings (SSSR count). The number of likely N-dealkylation sites (N-methyl/N-ethyl adjacent to an activating group) is 1. The molecule has 2 unspecified atom stereocenters. The Hall–Kier alpha value is -1.96. The summed E-state index contributed by atoms with van der Waals surface area (Å²) in [5.74, 6) is -0.111. The number of nitrogens with zero attached hydrogens (tertiary/aromatic N) is 1. The number of thioether (sulfide) groups is 1. The van der Waals surface area contributed by atoms with Crippen LogP contribution in [0, 0.1) is 0 Å². The molecule has 1 saturated heterocycles. The highest BCUT2D eigenvalue weighted by atomic mass is 32.2. The Kier molecular flexibility index (Phi) is 5.75. The molecule has 1 aromatic heterocycles. The Morgan fingerprint density at radius 3 is 2.58 bits per heavy atom. The number of fused-ring (bicyclic) bond motifs is 2. The molecular formula is C25H26N2O2S2. The monoisotopic (exact) mass is 450 g/mol. The second-order valence-electron chi connectivity index (χ2n) is 7.92. The normalized spacial score (nSPS) is 23.7. The number of benzene rings is 2. The molecule has 2 aromatic carbocycles. The van der Waals surface area contributed by atoms with Crippen molar-refractivity contribution in [3.63, 3.8) is 0 Å². The van der Waals surface area contributed by atoms with Crippen LogP contribution in [0.15, 0.2) is 64.3 Å². The maximum absolute atomic E-state index is 13.9. The summed E-state index contributed by atoms with van der Waals surface area (Å²) >= 11 is 3.44. The van der Waals surface area contributed by atoms with E-state index in [1.165, 1.54) is 4.90 Å². The molecule has 1 fully saturated rings. The van der Waals surface area contributed by atoms with E-state index in [9.17, 15) is 4.79 Å². The van der Waals surface area contributed by atoms with E-state index in [1.54, 1.807) is 23.1 Å². The van der Waals surface area contributed by atoms with Gasteiger partial charge in [-0.15, -0.1) is 23.1 Å². The van der Waals surface area contributed by atoms with E-state index < -0.39 is 5.66 Å².